The second-order valence-electron chi connectivity index (χ2n) is 8.07. The van der Waals surface area contributed by atoms with E-state index in [0.29, 0.717) is 0 Å². The molecule has 0 atom stereocenters. The summed E-state index contributed by atoms with van der Waals surface area (Å²) in [4.78, 5) is 8.52. The Balaban J connectivity index is 0.00000363. The number of imidazole rings is 1. The molecule has 3 aromatic rings. The number of halogens is 1. The molecule has 0 amide bonds. The molecule has 0 fully saturated rings. The zero-order valence-corrected chi connectivity index (χ0v) is 20.9. The molecule has 0 spiro atoms. The van der Waals surface area contributed by atoms with E-state index in [-0.39, 0.29) is 12.4 Å². The van der Waals surface area contributed by atoms with Crippen LogP contribution in [-0.4, -0.2) is 28.8 Å². The minimum atomic E-state index is 0. The number of benzene rings is 2. The standard InChI is InChI=1S/C27H37N3S.ClH/c1-2-3-4-5-13-20-28-21-14-8-15-22-31-27-29-25(23-16-9-6-10-17-23)26(30-27)24-18-11-7-12-19-24;/h6-7,9-12,16-19,28H,2-5,8,13-15,20-22H2,1H3,(H,29,30);1H. The summed E-state index contributed by atoms with van der Waals surface area (Å²) in [5.74, 6) is 1.10. The van der Waals surface area contributed by atoms with Crippen LogP contribution >= 0.6 is 24.2 Å². The lowest BCUT2D eigenvalue weighted by molar-refractivity contribution is 0.565. The second-order valence-corrected chi connectivity index (χ2v) is 9.15. The van der Waals surface area contributed by atoms with E-state index in [2.05, 4.69) is 77.9 Å². The summed E-state index contributed by atoms with van der Waals surface area (Å²) in [6.45, 7) is 4.59. The van der Waals surface area contributed by atoms with Gasteiger partial charge in [0.15, 0.2) is 5.16 Å². The van der Waals surface area contributed by atoms with E-state index in [1.807, 2.05) is 11.8 Å². The van der Waals surface area contributed by atoms with E-state index in [9.17, 15) is 0 Å². The SMILES string of the molecule is CCCCCCCNCCCCCSc1nc(-c2ccccc2)c(-c2ccccc2)[nH]1.Cl. The van der Waals surface area contributed by atoms with Crippen molar-refractivity contribution in [2.24, 2.45) is 0 Å². The minimum absolute atomic E-state index is 0. The van der Waals surface area contributed by atoms with Crippen LogP contribution in [0.3, 0.4) is 0 Å². The Morgan fingerprint density at radius 2 is 1.34 bits per heavy atom. The van der Waals surface area contributed by atoms with Gasteiger partial charge in [0.05, 0.1) is 11.4 Å². The van der Waals surface area contributed by atoms with Crippen LogP contribution in [0, 0.1) is 0 Å². The predicted octanol–water partition coefficient (Wildman–Crippen LogP) is 7.99. The van der Waals surface area contributed by atoms with Crippen LogP contribution in [0.25, 0.3) is 22.5 Å². The fourth-order valence-electron chi connectivity index (χ4n) is 3.71. The maximum absolute atomic E-state index is 4.94. The number of nitrogens with zero attached hydrogens (tertiary/aromatic N) is 1. The van der Waals surface area contributed by atoms with Crippen LogP contribution in [0.4, 0.5) is 0 Å². The van der Waals surface area contributed by atoms with E-state index in [1.165, 1.54) is 63.5 Å². The molecule has 32 heavy (non-hydrogen) atoms. The molecule has 1 heterocycles. The number of thioether (sulfide) groups is 1. The van der Waals surface area contributed by atoms with Crippen LogP contribution in [0.2, 0.25) is 0 Å². The molecule has 0 aliphatic rings. The molecule has 0 saturated carbocycles. The first-order valence-electron chi connectivity index (χ1n) is 11.9. The fourth-order valence-corrected chi connectivity index (χ4v) is 4.59. The van der Waals surface area contributed by atoms with Gasteiger partial charge in [0, 0.05) is 16.9 Å². The summed E-state index contributed by atoms with van der Waals surface area (Å²) in [6.07, 6.45) is 10.5. The second kappa shape index (κ2) is 16.0. The number of rotatable bonds is 15. The molecule has 1 aromatic heterocycles. The molecule has 0 saturated heterocycles. The van der Waals surface area contributed by atoms with Crippen molar-refractivity contribution in [1.82, 2.24) is 15.3 Å². The van der Waals surface area contributed by atoms with Crippen molar-refractivity contribution in [1.29, 1.82) is 0 Å². The van der Waals surface area contributed by atoms with Gasteiger partial charge in [-0.05, 0) is 32.4 Å². The number of nitrogens with one attached hydrogen (secondary N) is 2. The lowest BCUT2D eigenvalue weighted by Gasteiger charge is -2.04. The molecule has 3 nitrogen and oxygen atoms in total. The van der Waals surface area contributed by atoms with Crippen LogP contribution in [0.5, 0.6) is 0 Å². The van der Waals surface area contributed by atoms with E-state index < -0.39 is 0 Å². The van der Waals surface area contributed by atoms with Gasteiger partial charge in [-0.1, -0.05) is 111 Å². The van der Waals surface area contributed by atoms with E-state index in [1.54, 1.807) is 0 Å². The molecule has 0 bridgehead atoms. The Morgan fingerprint density at radius 1 is 0.750 bits per heavy atom. The molecule has 2 N–H and O–H groups in total. The van der Waals surface area contributed by atoms with Gasteiger partial charge < -0.3 is 10.3 Å². The summed E-state index contributed by atoms with van der Waals surface area (Å²) in [6, 6.07) is 21.0. The first kappa shape index (κ1) is 26.5. The number of unbranched alkanes of at least 4 members (excludes halogenated alkanes) is 6. The highest BCUT2D eigenvalue weighted by Crippen LogP contribution is 2.32. The molecule has 0 aliphatic heterocycles. The van der Waals surface area contributed by atoms with Gasteiger partial charge in [-0.25, -0.2) is 4.98 Å². The lowest BCUT2D eigenvalue weighted by atomic mass is 10.1. The first-order valence-corrected chi connectivity index (χ1v) is 12.9. The summed E-state index contributed by atoms with van der Waals surface area (Å²) < 4.78 is 0. The average Bonchev–Trinajstić information content (AvgIpc) is 3.25. The van der Waals surface area contributed by atoms with Crippen LogP contribution in [-0.2, 0) is 0 Å². The van der Waals surface area contributed by atoms with Gasteiger partial charge in [0.2, 0.25) is 0 Å². The quantitative estimate of drug-likeness (QED) is 0.174. The summed E-state index contributed by atoms with van der Waals surface area (Å²) in [7, 11) is 0. The molecule has 3 rings (SSSR count). The lowest BCUT2D eigenvalue weighted by Crippen LogP contribution is -2.16. The Morgan fingerprint density at radius 3 is 2.00 bits per heavy atom. The molecular formula is C27H38ClN3S. The molecule has 0 unspecified atom stereocenters. The summed E-state index contributed by atoms with van der Waals surface area (Å²) in [5, 5.41) is 4.61. The molecule has 0 aliphatic carbocycles. The van der Waals surface area contributed by atoms with Crippen LogP contribution in [0.1, 0.15) is 58.3 Å². The topological polar surface area (TPSA) is 40.7 Å². The number of H-pyrrole nitrogens is 1. The maximum Gasteiger partial charge on any atom is 0.166 e. The van der Waals surface area contributed by atoms with Crippen molar-refractivity contribution in [3.8, 4) is 22.5 Å². The largest absolute Gasteiger partial charge is 0.332 e. The number of aromatic nitrogens is 2. The highest BCUT2D eigenvalue weighted by atomic mass is 35.5. The van der Waals surface area contributed by atoms with Gasteiger partial charge >= 0.3 is 0 Å². The highest BCUT2D eigenvalue weighted by Gasteiger charge is 2.14. The molecular weight excluding hydrogens is 434 g/mol. The maximum atomic E-state index is 4.94. The number of hydrogen-bond donors (Lipinski definition) is 2. The minimum Gasteiger partial charge on any atom is -0.332 e. The van der Waals surface area contributed by atoms with Crippen molar-refractivity contribution in [2.75, 3.05) is 18.8 Å². The predicted molar refractivity (Wildman–Crippen MR) is 143 cm³/mol. The first-order chi connectivity index (χ1) is 15.4. The zero-order valence-electron chi connectivity index (χ0n) is 19.3. The van der Waals surface area contributed by atoms with E-state index in [4.69, 9.17) is 4.98 Å². The Labute approximate surface area is 204 Å². The van der Waals surface area contributed by atoms with Crippen molar-refractivity contribution in [2.45, 2.75) is 63.4 Å². The summed E-state index contributed by atoms with van der Waals surface area (Å²) >= 11 is 1.84. The van der Waals surface area contributed by atoms with Gasteiger partial charge in [-0.3, -0.25) is 0 Å². The van der Waals surface area contributed by atoms with Crippen molar-refractivity contribution < 1.29 is 0 Å². The Hall–Kier alpha value is -1.75. The van der Waals surface area contributed by atoms with Gasteiger partial charge in [0.25, 0.3) is 0 Å². The third kappa shape index (κ3) is 9.01. The normalized spacial score (nSPS) is 10.8. The zero-order chi connectivity index (χ0) is 21.6. The molecule has 2 aromatic carbocycles. The van der Waals surface area contributed by atoms with Crippen LogP contribution in [0.15, 0.2) is 65.8 Å². The van der Waals surface area contributed by atoms with Crippen molar-refractivity contribution in [3.63, 3.8) is 0 Å². The Kier molecular flexibility index (Phi) is 13.2. The van der Waals surface area contributed by atoms with Crippen molar-refractivity contribution >= 4 is 24.2 Å². The average molecular weight is 472 g/mol. The molecule has 5 heteroatoms. The number of hydrogen-bond acceptors (Lipinski definition) is 3. The number of aromatic amines is 1. The monoisotopic (exact) mass is 471 g/mol. The van der Waals surface area contributed by atoms with Gasteiger partial charge in [0.1, 0.15) is 0 Å². The fraction of sp³-hybridized carbons (Fsp3) is 0.444. The van der Waals surface area contributed by atoms with Gasteiger partial charge in [-0.15, -0.1) is 12.4 Å². The third-order valence-electron chi connectivity index (χ3n) is 5.49. The van der Waals surface area contributed by atoms with E-state index in [0.717, 1.165) is 34.4 Å². The third-order valence-corrected chi connectivity index (χ3v) is 6.45. The smallest absolute Gasteiger partial charge is 0.166 e. The molecule has 174 valence electrons. The van der Waals surface area contributed by atoms with Gasteiger partial charge in [-0.2, -0.15) is 0 Å². The summed E-state index contributed by atoms with van der Waals surface area (Å²) in [5.41, 5.74) is 4.49. The molecule has 0 radical (unpaired) electrons. The van der Waals surface area contributed by atoms with Crippen molar-refractivity contribution in [3.05, 3.63) is 60.7 Å². The highest BCUT2D eigenvalue weighted by molar-refractivity contribution is 7.99. The van der Waals surface area contributed by atoms with E-state index >= 15 is 0 Å². The Bertz CT molecular complexity index is 795. The van der Waals surface area contributed by atoms with Crippen LogP contribution < -0.4 is 5.32 Å².